The minimum atomic E-state index is -4.37. The molecule has 0 aliphatic carbocycles. The molecule has 0 aromatic heterocycles. The van der Waals surface area contributed by atoms with Gasteiger partial charge in [0.25, 0.3) is 0 Å². The number of ether oxygens (including phenoxy) is 2. The van der Waals surface area contributed by atoms with E-state index in [-0.39, 0.29) is 32.6 Å². The average molecular weight is 688 g/mol. The molecule has 0 aromatic carbocycles. The molecule has 9 nitrogen and oxygen atoms in total. The van der Waals surface area contributed by atoms with Crippen molar-refractivity contribution in [3.8, 4) is 0 Å². The summed E-state index contributed by atoms with van der Waals surface area (Å²) in [5, 5.41) is 0. The smallest absolute Gasteiger partial charge is 0.462 e. The Morgan fingerprint density at radius 3 is 1.57 bits per heavy atom. The number of rotatable bonds is 35. The number of phosphoric acid groups is 1. The summed E-state index contributed by atoms with van der Waals surface area (Å²) in [5.74, 6) is -0.845. The highest BCUT2D eigenvalue weighted by atomic mass is 31.2. The minimum absolute atomic E-state index is 0.0522. The number of unbranched alkanes of at least 4 members (excludes halogenated alkanes) is 18. The van der Waals surface area contributed by atoms with Crippen molar-refractivity contribution in [2.24, 2.45) is 5.73 Å². The van der Waals surface area contributed by atoms with E-state index in [9.17, 15) is 19.0 Å². The van der Waals surface area contributed by atoms with Crippen LogP contribution in [0.2, 0.25) is 0 Å². The van der Waals surface area contributed by atoms with Crippen LogP contribution in [0.1, 0.15) is 168 Å². The molecule has 0 amide bonds. The summed E-state index contributed by atoms with van der Waals surface area (Å²) in [4.78, 5) is 34.6. The zero-order chi connectivity index (χ0) is 34.7. The van der Waals surface area contributed by atoms with Gasteiger partial charge in [-0.25, -0.2) is 4.57 Å². The maximum absolute atomic E-state index is 12.5. The first-order chi connectivity index (χ1) is 22.8. The van der Waals surface area contributed by atoms with E-state index in [1.165, 1.54) is 64.2 Å². The number of hydrogen-bond acceptors (Lipinski definition) is 8. The fourth-order valence-electron chi connectivity index (χ4n) is 4.96. The highest BCUT2D eigenvalue weighted by Crippen LogP contribution is 2.43. The number of carbonyl (C=O) groups excluding carboxylic acids is 2. The van der Waals surface area contributed by atoms with Crippen molar-refractivity contribution >= 4 is 19.8 Å². The Hall–Kier alpha value is -1.51. The Balaban J connectivity index is 4.24. The Morgan fingerprint density at radius 2 is 1.06 bits per heavy atom. The SMILES string of the molecule is CCCCC=CCCCCCCCC(=O)OC[C@H](COP(=O)(O)OCCN)OC(=O)CCCCCCCCCC=CCCCCCC. The lowest BCUT2D eigenvalue weighted by molar-refractivity contribution is -0.161. The Kier molecular flexibility index (Phi) is 33.3. The summed E-state index contributed by atoms with van der Waals surface area (Å²) in [5.41, 5.74) is 5.32. The molecule has 0 saturated heterocycles. The highest BCUT2D eigenvalue weighted by molar-refractivity contribution is 7.47. The van der Waals surface area contributed by atoms with Gasteiger partial charge in [-0.2, -0.15) is 0 Å². The molecule has 10 heteroatoms. The first-order valence-electron chi connectivity index (χ1n) is 18.8. The zero-order valence-electron chi connectivity index (χ0n) is 30.0. The molecule has 0 saturated carbocycles. The summed E-state index contributed by atoms with van der Waals surface area (Å²) in [6.07, 6.45) is 33.5. The first kappa shape index (κ1) is 45.5. The summed E-state index contributed by atoms with van der Waals surface area (Å²) >= 11 is 0. The van der Waals surface area contributed by atoms with Crippen molar-refractivity contribution in [1.82, 2.24) is 0 Å². The van der Waals surface area contributed by atoms with Crippen molar-refractivity contribution < 1.29 is 37.6 Å². The van der Waals surface area contributed by atoms with Crippen LogP contribution in [0.15, 0.2) is 24.3 Å². The molecule has 3 N–H and O–H groups in total. The molecule has 276 valence electrons. The van der Waals surface area contributed by atoms with E-state index in [0.29, 0.717) is 6.42 Å². The van der Waals surface area contributed by atoms with Crippen LogP contribution in [0, 0.1) is 0 Å². The monoisotopic (exact) mass is 687 g/mol. The second-order valence-corrected chi connectivity index (χ2v) is 13.9. The van der Waals surface area contributed by atoms with Gasteiger partial charge < -0.3 is 20.1 Å². The molecule has 0 aliphatic heterocycles. The van der Waals surface area contributed by atoms with Gasteiger partial charge in [0.1, 0.15) is 6.61 Å². The molecular formula is C37H70NO8P. The van der Waals surface area contributed by atoms with E-state index < -0.39 is 32.5 Å². The zero-order valence-corrected chi connectivity index (χ0v) is 30.9. The molecule has 0 heterocycles. The van der Waals surface area contributed by atoms with E-state index in [1.54, 1.807) is 0 Å². The summed E-state index contributed by atoms with van der Waals surface area (Å²) < 4.78 is 32.6. The molecule has 2 atom stereocenters. The van der Waals surface area contributed by atoms with Crippen molar-refractivity contribution in [2.75, 3.05) is 26.4 Å². The van der Waals surface area contributed by atoms with Crippen LogP contribution in [0.25, 0.3) is 0 Å². The van der Waals surface area contributed by atoms with Crippen LogP contribution in [0.4, 0.5) is 0 Å². The normalized spacial score (nSPS) is 13.7. The van der Waals surface area contributed by atoms with Crippen molar-refractivity contribution in [1.29, 1.82) is 0 Å². The predicted octanol–water partition coefficient (Wildman–Crippen LogP) is 10.0. The molecule has 0 fully saturated rings. The number of nitrogens with two attached hydrogens (primary N) is 1. The fraction of sp³-hybridized carbons (Fsp3) is 0.838. The van der Waals surface area contributed by atoms with Gasteiger partial charge in [-0.05, 0) is 57.8 Å². The maximum Gasteiger partial charge on any atom is 0.472 e. The summed E-state index contributed by atoms with van der Waals surface area (Å²) in [6.45, 7) is 3.65. The second kappa shape index (κ2) is 34.4. The van der Waals surface area contributed by atoms with Crippen LogP contribution in [0.5, 0.6) is 0 Å². The van der Waals surface area contributed by atoms with Gasteiger partial charge in [-0.15, -0.1) is 0 Å². The molecule has 1 unspecified atom stereocenters. The van der Waals surface area contributed by atoms with Gasteiger partial charge in [-0.3, -0.25) is 18.6 Å². The Morgan fingerprint density at radius 1 is 0.617 bits per heavy atom. The average Bonchev–Trinajstić information content (AvgIpc) is 3.05. The van der Waals surface area contributed by atoms with Crippen molar-refractivity contribution in [2.45, 2.75) is 174 Å². The van der Waals surface area contributed by atoms with Gasteiger partial charge >= 0.3 is 19.8 Å². The van der Waals surface area contributed by atoms with Gasteiger partial charge in [0.05, 0.1) is 13.2 Å². The van der Waals surface area contributed by atoms with E-state index >= 15 is 0 Å². The lowest BCUT2D eigenvalue weighted by atomic mass is 10.1. The molecule has 0 aliphatic rings. The molecule has 47 heavy (non-hydrogen) atoms. The van der Waals surface area contributed by atoms with Crippen molar-refractivity contribution in [3.05, 3.63) is 24.3 Å². The van der Waals surface area contributed by atoms with Gasteiger partial charge in [0.15, 0.2) is 6.10 Å². The summed E-state index contributed by atoms with van der Waals surface area (Å²) in [7, 11) is -4.37. The topological polar surface area (TPSA) is 134 Å². The Labute approximate surface area is 287 Å². The number of carbonyl (C=O) groups is 2. The van der Waals surface area contributed by atoms with Gasteiger partial charge in [0, 0.05) is 19.4 Å². The lowest BCUT2D eigenvalue weighted by Crippen LogP contribution is -2.29. The lowest BCUT2D eigenvalue weighted by Gasteiger charge is -2.19. The maximum atomic E-state index is 12.5. The van der Waals surface area contributed by atoms with Crippen LogP contribution in [-0.4, -0.2) is 49.3 Å². The number of phosphoric ester groups is 1. The predicted molar refractivity (Wildman–Crippen MR) is 192 cm³/mol. The van der Waals surface area contributed by atoms with E-state index in [2.05, 4.69) is 38.2 Å². The van der Waals surface area contributed by atoms with Crippen LogP contribution >= 0.6 is 7.82 Å². The summed E-state index contributed by atoms with van der Waals surface area (Å²) in [6, 6.07) is 0. The standard InChI is InChI=1S/C37H70NO8P/c1-3-5-7-9-11-13-15-16-17-18-20-22-24-26-28-30-37(40)46-35(34-45-47(41,42)44-32-31-38)33-43-36(39)29-27-25-23-21-19-14-12-10-8-6-4-2/h10,12-13,15,35H,3-9,11,14,16-34,38H2,1-2H3,(H,41,42)/t35-/m1/s1. The minimum Gasteiger partial charge on any atom is -0.462 e. The van der Waals surface area contributed by atoms with Crippen LogP contribution < -0.4 is 5.73 Å². The van der Waals surface area contributed by atoms with E-state index in [1.807, 2.05) is 0 Å². The second-order valence-electron chi connectivity index (χ2n) is 12.4. The highest BCUT2D eigenvalue weighted by Gasteiger charge is 2.25. The van der Waals surface area contributed by atoms with Crippen LogP contribution in [-0.2, 0) is 32.7 Å². The first-order valence-corrected chi connectivity index (χ1v) is 20.3. The van der Waals surface area contributed by atoms with E-state index in [4.69, 9.17) is 24.3 Å². The third-order valence-corrected chi connectivity index (χ3v) is 8.79. The van der Waals surface area contributed by atoms with E-state index in [0.717, 1.165) is 70.6 Å². The third kappa shape index (κ3) is 34.2. The largest absolute Gasteiger partial charge is 0.472 e. The molecule has 0 bridgehead atoms. The van der Waals surface area contributed by atoms with Gasteiger partial charge in [-0.1, -0.05) is 122 Å². The van der Waals surface area contributed by atoms with Crippen LogP contribution in [0.3, 0.4) is 0 Å². The molecule has 0 aromatic rings. The third-order valence-electron chi connectivity index (χ3n) is 7.81. The van der Waals surface area contributed by atoms with Gasteiger partial charge in [0.2, 0.25) is 0 Å². The Bertz CT molecular complexity index is 835. The number of esters is 2. The number of allylic oxidation sites excluding steroid dienone is 4. The van der Waals surface area contributed by atoms with Crippen molar-refractivity contribution in [3.63, 3.8) is 0 Å². The molecule has 0 rings (SSSR count). The molecular weight excluding hydrogens is 617 g/mol. The number of hydrogen-bond donors (Lipinski definition) is 2. The fourth-order valence-corrected chi connectivity index (χ4v) is 5.73. The quantitative estimate of drug-likeness (QED) is 0.0289. The molecule has 0 radical (unpaired) electrons. The molecule has 0 spiro atoms.